The lowest BCUT2D eigenvalue weighted by molar-refractivity contribution is -0.0464. The number of methoxy groups -OCH3 is 1. The van der Waals surface area contributed by atoms with Crippen LogP contribution in [0.3, 0.4) is 0 Å². The van der Waals surface area contributed by atoms with Gasteiger partial charge < -0.3 is 13.9 Å². The Morgan fingerprint density at radius 1 is 1.13 bits per heavy atom. The molecule has 1 heterocycles. The van der Waals surface area contributed by atoms with Gasteiger partial charge in [0.15, 0.2) is 8.32 Å². The number of hydrogen-bond acceptors (Lipinski definition) is 4. The summed E-state index contributed by atoms with van der Waals surface area (Å²) in [6.45, 7) is 17.3. The van der Waals surface area contributed by atoms with E-state index >= 15 is 0 Å². The van der Waals surface area contributed by atoms with Crippen LogP contribution in [0.5, 0.6) is 0 Å². The Morgan fingerprint density at radius 3 is 2.13 bits per heavy atom. The van der Waals surface area contributed by atoms with Gasteiger partial charge in [-0.3, -0.25) is 4.90 Å². The largest absolute Gasteiger partial charge is 0.444 e. The molecule has 0 radical (unpaired) electrons. The second-order valence-electron chi connectivity index (χ2n) is 8.88. The van der Waals surface area contributed by atoms with Crippen LogP contribution in [0.15, 0.2) is 0 Å². The Kier molecular flexibility index (Phi) is 6.32. The zero-order valence-electron chi connectivity index (χ0n) is 16.4. The number of carbonyl (C=O) groups excluding carboxylic acids is 1. The molecule has 2 atom stereocenters. The van der Waals surface area contributed by atoms with Crippen molar-refractivity contribution in [3.05, 3.63) is 0 Å². The van der Waals surface area contributed by atoms with Crippen molar-refractivity contribution >= 4 is 14.4 Å². The zero-order chi connectivity index (χ0) is 18.1. The van der Waals surface area contributed by atoms with Crippen molar-refractivity contribution in [3.63, 3.8) is 0 Å². The monoisotopic (exact) mass is 345 g/mol. The standard InChI is InChI=1S/C17H35NO4Si/c1-16(2,3)22-15(19)18-13(10-11-14(18)20-7)12-21-23(8,9)17(4,5)6/h13-14H,10-12H2,1-9H3/t13-,14?/m0/s1. The summed E-state index contributed by atoms with van der Waals surface area (Å²) in [6, 6.07) is 0.0175. The van der Waals surface area contributed by atoms with Gasteiger partial charge in [0, 0.05) is 7.11 Å². The summed E-state index contributed by atoms with van der Waals surface area (Å²) in [7, 11) is -0.197. The van der Waals surface area contributed by atoms with Crippen LogP contribution in [0.25, 0.3) is 0 Å². The lowest BCUT2D eigenvalue weighted by Gasteiger charge is -2.38. The summed E-state index contributed by atoms with van der Waals surface area (Å²) >= 11 is 0. The van der Waals surface area contributed by atoms with Crippen molar-refractivity contribution < 1.29 is 18.7 Å². The van der Waals surface area contributed by atoms with Gasteiger partial charge in [0.1, 0.15) is 11.8 Å². The number of ether oxygens (including phenoxy) is 2. The van der Waals surface area contributed by atoms with Crippen LogP contribution in [0, 0.1) is 0 Å². The average Bonchev–Trinajstić information content (AvgIpc) is 2.75. The first-order chi connectivity index (χ1) is 10.3. The molecule has 136 valence electrons. The summed E-state index contributed by atoms with van der Waals surface area (Å²) in [5, 5.41) is 0.156. The Hall–Kier alpha value is -0.593. The topological polar surface area (TPSA) is 48.0 Å². The third-order valence-corrected chi connectivity index (χ3v) is 9.27. The van der Waals surface area contributed by atoms with Crippen LogP contribution in [-0.2, 0) is 13.9 Å². The maximum atomic E-state index is 12.5. The second kappa shape index (κ2) is 7.11. The van der Waals surface area contributed by atoms with E-state index in [1.807, 2.05) is 20.8 Å². The van der Waals surface area contributed by atoms with E-state index in [9.17, 15) is 4.79 Å². The van der Waals surface area contributed by atoms with Gasteiger partial charge in [-0.1, -0.05) is 20.8 Å². The molecule has 0 aromatic heterocycles. The summed E-state index contributed by atoms with van der Waals surface area (Å²) < 4.78 is 17.3. The van der Waals surface area contributed by atoms with E-state index in [0.717, 1.165) is 12.8 Å². The van der Waals surface area contributed by atoms with Crippen LogP contribution in [0.4, 0.5) is 4.79 Å². The molecular weight excluding hydrogens is 310 g/mol. The molecule has 1 unspecified atom stereocenters. The summed E-state index contributed by atoms with van der Waals surface area (Å²) in [5.74, 6) is 0. The normalized spacial score (nSPS) is 23.3. The van der Waals surface area contributed by atoms with Crippen LogP contribution in [0.1, 0.15) is 54.4 Å². The van der Waals surface area contributed by atoms with Crippen molar-refractivity contribution in [2.45, 2.75) is 90.4 Å². The molecule has 0 saturated carbocycles. The predicted molar refractivity (Wildman–Crippen MR) is 95.0 cm³/mol. The van der Waals surface area contributed by atoms with Gasteiger partial charge in [-0.15, -0.1) is 0 Å². The van der Waals surface area contributed by atoms with E-state index in [0.29, 0.717) is 6.61 Å². The van der Waals surface area contributed by atoms with E-state index in [2.05, 4.69) is 33.9 Å². The molecule has 0 spiro atoms. The Bertz CT molecular complexity index is 412. The third-order valence-electron chi connectivity index (χ3n) is 4.77. The number of amides is 1. The lowest BCUT2D eigenvalue weighted by Crippen LogP contribution is -2.49. The molecule has 1 fully saturated rings. The first kappa shape index (κ1) is 20.5. The molecule has 0 aliphatic carbocycles. The lowest BCUT2D eigenvalue weighted by atomic mass is 10.2. The van der Waals surface area contributed by atoms with E-state index in [1.165, 1.54) is 0 Å². The maximum Gasteiger partial charge on any atom is 0.412 e. The van der Waals surface area contributed by atoms with E-state index in [1.54, 1.807) is 12.0 Å². The Balaban J connectivity index is 2.79. The fourth-order valence-corrected chi connectivity index (χ4v) is 3.39. The van der Waals surface area contributed by atoms with Gasteiger partial charge in [0.25, 0.3) is 0 Å². The van der Waals surface area contributed by atoms with Crippen molar-refractivity contribution in [3.8, 4) is 0 Å². The van der Waals surface area contributed by atoms with Gasteiger partial charge in [-0.2, -0.15) is 0 Å². The first-order valence-corrected chi connectivity index (χ1v) is 11.4. The van der Waals surface area contributed by atoms with Gasteiger partial charge in [0.2, 0.25) is 0 Å². The second-order valence-corrected chi connectivity index (χ2v) is 13.7. The molecule has 1 aliphatic heterocycles. The molecule has 0 N–H and O–H groups in total. The number of nitrogens with zero attached hydrogens (tertiary/aromatic N) is 1. The van der Waals surface area contributed by atoms with E-state index in [-0.39, 0.29) is 23.4 Å². The minimum Gasteiger partial charge on any atom is -0.444 e. The summed E-state index contributed by atoms with van der Waals surface area (Å²) in [5.41, 5.74) is -0.511. The van der Waals surface area contributed by atoms with E-state index in [4.69, 9.17) is 13.9 Å². The van der Waals surface area contributed by atoms with Gasteiger partial charge in [0.05, 0.1) is 12.6 Å². The van der Waals surface area contributed by atoms with Crippen LogP contribution < -0.4 is 0 Å². The van der Waals surface area contributed by atoms with Crippen molar-refractivity contribution in [2.75, 3.05) is 13.7 Å². The maximum absolute atomic E-state index is 12.5. The molecular formula is C17H35NO4Si. The summed E-state index contributed by atoms with van der Waals surface area (Å²) in [6.07, 6.45) is 1.16. The SMILES string of the molecule is COC1CC[C@@H](CO[Si](C)(C)C(C)(C)C)N1C(=O)OC(C)(C)C. The predicted octanol–water partition coefficient (Wildman–Crippen LogP) is 4.38. The van der Waals surface area contributed by atoms with Crippen molar-refractivity contribution in [1.29, 1.82) is 0 Å². The molecule has 6 heteroatoms. The molecule has 1 rings (SSSR count). The molecule has 5 nitrogen and oxygen atoms in total. The minimum atomic E-state index is -1.84. The number of rotatable bonds is 4. The van der Waals surface area contributed by atoms with Gasteiger partial charge in [-0.05, 0) is 51.7 Å². The molecule has 0 aromatic rings. The van der Waals surface area contributed by atoms with Gasteiger partial charge >= 0.3 is 6.09 Å². The highest BCUT2D eigenvalue weighted by Crippen LogP contribution is 2.37. The molecule has 0 bridgehead atoms. The number of hydrogen-bond donors (Lipinski definition) is 0. The smallest absolute Gasteiger partial charge is 0.412 e. The minimum absolute atomic E-state index is 0.0175. The van der Waals surface area contributed by atoms with Crippen molar-refractivity contribution in [1.82, 2.24) is 4.90 Å². The van der Waals surface area contributed by atoms with E-state index < -0.39 is 13.9 Å². The fourth-order valence-electron chi connectivity index (χ4n) is 2.35. The quantitative estimate of drug-likeness (QED) is 0.709. The summed E-state index contributed by atoms with van der Waals surface area (Å²) in [4.78, 5) is 14.3. The first-order valence-electron chi connectivity index (χ1n) is 8.46. The highest BCUT2D eigenvalue weighted by molar-refractivity contribution is 6.74. The molecule has 1 amide bonds. The molecule has 1 aliphatic rings. The van der Waals surface area contributed by atoms with Gasteiger partial charge in [-0.25, -0.2) is 4.79 Å². The zero-order valence-corrected chi connectivity index (χ0v) is 17.4. The Labute approximate surface area is 142 Å². The average molecular weight is 346 g/mol. The Morgan fingerprint density at radius 2 is 1.70 bits per heavy atom. The highest BCUT2D eigenvalue weighted by Gasteiger charge is 2.42. The molecule has 0 aromatic carbocycles. The van der Waals surface area contributed by atoms with Crippen LogP contribution in [0.2, 0.25) is 18.1 Å². The molecule has 23 heavy (non-hydrogen) atoms. The number of carbonyl (C=O) groups is 1. The molecule has 1 saturated heterocycles. The highest BCUT2D eigenvalue weighted by atomic mass is 28.4. The van der Waals surface area contributed by atoms with Crippen LogP contribution in [-0.4, -0.2) is 50.9 Å². The third kappa shape index (κ3) is 5.47. The fraction of sp³-hybridized carbons (Fsp3) is 0.941. The van der Waals surface area contributed by atoms with Crippen LogP contribution >= 0.6 is 0 Å². The number of likely N-dealkylation sites (tertiary alicyclic amines) is 1. The van der Waals surface area contributed by atoms with Crippen molar-refractivity contribution in [2.24, 2.45) is 0 Å².